The lowest BCUT2D eigenvalue weighted by atomic mass is 10.2. The van der Waals surface area contributed by atoms with Gasteiger partial charge in [0.2, 0.25) is 5.95 Å². The van der Waals surface area contributed by atoms with Crippen LogP contribution in [0.4, 0.5) is 30.6 Å². The highest BCUT2D eigenvalue weighted by atomic mass is 19.4. The first kappa shape index (κ1) is 24.4. The zero-order chi connectivity index (χ0) is 25.4. The van der Waals surface area contributed by atoms with Crippen LogP contribution in [0.5, 0.6) is 5.75 Å². The maximum atomic E-state index is 12.7. The Morgan fingerprint density at radius 1 is 0.833 bits per heavy atom. The molecule has 3 aromatic carbocycles. The third-order valence-electron chi connectivity index (χ3n) is 4.98. The van der Waals surface area contributed by atoms with E-state index >= 15 is 0 Å². The summed E-state index contributed by atoms with van der Waals surface area (Å²) in [6.07, 6.45) is -3.22. The van der Waals surface area contributed by atoms with Gasteiger partial charge in [-0.15, -0.1) is 13.2 Å². The summed E-state index contributed by atoms with van der Waals surface area (Å²) in [4.78, 5) is 8.81. The van der Waals surface area contributed by atoms with Crippen molar-refractivity contribution >= 4 is 17.5 Å². The van der Waals surface area contributed by atoms with Crippen LogP contribution in [-0.2, 0) is 13.1 Å². The van der Waals surface area contributed by atoms with Gasteiger partial charge in [0.15, 0.2) is 0 Å². The standard InChI is InChI=1S/C27H22F3N5O/c28-27(29,30)36-24-9-5-4-8-21(24)17-33-26-34-18-22(13-10-19-6-2-1-3-7-19)25(35-26)32-16-20-11-14-23(31)15-12-20/h1-9,11-12,14-15,18H,16-17,31H2,(H2,32,33,34,35). The molecule has 0 fully saturated rings. The van der Waals surface area contributed by atoms with Gasteiger partial charge < -0.3 is 21.1 Å². The molecule has 182 valence electrons. The molecule has 0 radical (unpaired) electrons. The normalized spacial score (nSPS) is 10.8. The van der Waals surface area contributed by atoms with Crippen molar-refractivity contribution in [1.82, 2.24) is 9.97 Å². The third kappa shape index (κ3) is 7.14. The van der Waals surface area contributed by atoms with Crippen molar-refractivity contribution < 1.29 is 17.9 Å². The Bertz CT molecular complexity index is 1360. The summed E-state index contributed by atoms with van der Waals surface area (Å²) >= 11 is 0. The van der Waals surface area contributed by atoms with Crippen molar-refractivity contribution in [3.8, 4) is 17.6 Å². The molecule has 0 aliphatic heterocycles. The molecular formula is C27H22F3N5O. The van der Waals surface area contributed by atoms with Crippen molar-refractivity contribution in [3.05, 3.63) is 107 Å². The summed E-state index contributed by atoms with van der Waals surface area (Å²) in [6.45, 7) is 0.484. The van der Waals surface area contributed by atoms with Crippen LogP contribution in [0.3, 0.4) is 0 Å². The van der Waals surface area contributed by atoms with Gasteiger partial charge in [0.05, 0.1) is 11.8 Å². The van der Waals surface area contributed by atoms with Crippen LogP contribution in [0, 0.1) is 11.8 Å². The number of nitrogens with two attached hydrogens (primary N) is 1. The van der Waals surface area contributed by atoms with Gasteiger partial charge in [-0.25, -0.2) is 4.98 Å². The molecule has 1 heterocycles. The lowest BCUT2D eigenvalue weighted by molar-refractivity contribution is -0.274. The predicted molar refractivity (Wildman–Crippen MR) is 133 cm³/mol. The Kier molecular flexibility index (Phi) is 7.56. The number of nitrogen functional groups attached to an aromatic ring is 1. The molecular weight excluding hydrogens is 467 g/mol. The van der Waals surface area contributed by atoms with Crippen molar-refractivity contribution in [2.24, 2.45) is 0 Å². The number of nitrogens with one attached hydrogen (secondary N) is 2. The number of hydrogen-bond donors (Lipinski definition) is 3. The minimum atomic E-state index is -4.79. The van der Waals surface area contributed by atoms with E-state index in [1.165, 1.54) is 18.2 Å². The number of nitrogens with zero attached hydrogens (tertiary/aromatic N) is 2. The van der Waals surface area contributed by atoms with E-state index in [2.05, 4.69) is 37.2 Å². The van der Waals surface area contributed by atoms with E-state index < -0.39 is 6.36 Å². The summed E-state index contributed by atoms with van der Waals surface area (Å²) in [6, 6.07) is 22.8. The molecule has 0 saturated heterocycles. The Hall–Kier alpha value is -4.71. The number of aromatic nitrogens is 2. The van der Waals surface area contributed by atoms with Crippen LogP contribution < -0.4 is 21.1 Å². The lowest BCUT2D eigenvalue weighted by Gasteiger charge is -2.14. The van der Waals surface area contributed by atoms with Gasteiger partial charge >= 0.3 is 6.36 Å². The Labute approximate surface area is 206 Å². The maximum absolute atomic E-state index is 12.7. The molecule has 9 heteroatoms. The molecule has 0 aliphatic carbocycles. The molecule has 1 aromatic heterocycles. The Morgan fingerprint density at radius 3 is 2.31 bits per heavy atom. The van der Waals surface area contributed by atoms with Gasteiger partial charge in [-0.2, -0.15) is 4.98 Å². The van der Waals surface area contributed by atoms with Crippen LogP contribution in [0.1, 0.15) is 22.3 Å². The molecule has 0 aliphatic rings. The lowest BCUT2D eigenvalue weighted by Crippen LogP contribution is -2.18. The van der Waals surface area contributed by atoms with Gasteiger partial charge in [0.1, 0.15) is 11.6 Å². The molecule has 0 unspecified atom stereocenters. The highest BCUT2D eigenvalue weighted by Gasteiger charge is 2.31. The van der Waals surface area contributed by atoms with E-state index in [1.807, 2.05) is 42.5 Å². The summed E-state index contributed by atoms with van der Waals surface area (Å²) in [5.74, 6) is 6.58. The van der Waals surface area contributed by atoms with Crippen LogP contribution in [0.25, 0.3) is 0 Å². The largest absolute Gasteiger partial charge is 0.573 e. The van der Waals surface area contributed by atoms with Crippen LogP contribution in [0.15, 0.2) is 85.1 Å². The molecule has 0 amide bonds. The van der Waals surface area contributed by atoms with Gasteiger partial charge in [0, 0.05) is 29.9 Å². The molecule has 4 N–H and O–H groups in total. The second kappa shape index (κ2) is 11.1. The number of hydrogen-bond acceptors (Lipinski definition) is 6. The molecule has 6 nitrogen and oxygen atoms in total. The SMILES string of the molecule is Nc1ccc(CNc2nc(NCc3ccccc3OC(F)(F)F)ncc2C#Cc2ccccc2)cc1. The first-order valence-corrected chi connectivity index (χ1v) is 11.0. The fraction of sp³-hybridized carbons (Fsp3) is 0.111. The average molecular weight is 490 g/mol. The smallest absolute Gasteiger partial charge is 0.405 e. The molecule has 0 saturated carbocycles. The van der Waals surface area contributed by atoms with Crippen molar-refractivity contribution in [1.29, 1.82) is 0 Å². The summed E-state index contributed by atoms with van der Waals surface area (Å²) in [5, 5.41) is 6.22. The minimum Gasteiger partial charge on any atom is -0.405 e. The number of halogens is 3. The zero-order valence-electron chi connectivity index (χ0n) is 19.0. The van der Waals surface area contributed by atoms with E-state index in [0.717, 1.165) is 11.1 Å². The fourth-order valence-corrected chi connectivity index (χ4v) is 3.22. The second-order valence-corrected chi connectivity index (χ2v) is 7.68. The van der Waals surface area contributed by atoms with E-state index in [9.17, 15) is 13.2 Å². The fourth-order valence-electron chi connectivity index (χ4n) is 3.22. The average Bonchev–Trinajstić information content (AvgIpc) is 2.87. The van der Waals surface area contributed by atoms with Gasteiger partial charge in [0.25, 0.3) is 0 Å². The summed E-state index contributed by atoms with van der Waals surface area (Å²) in [5.41, 5.74) is 9.12. The molecule has 4 rings (SSSR count). The van der Waals surface area contributed by atoms with Gasteiger partial charge in [-0.3, -0.25) is 0 Å². The number of para-hydroxylation sites is 1. The maximum Gasteiger partial charge on any atom is 0.573 e. The molecule has 4 aromatic rings. The number of rotatable bonds is 7. The number of alkyl halides is 3. The van der Waals surface area contributed by atoms with Crippen LogP contribution >= 0.6 is 0 Å². The van der Waals surface area contributed by atoms with Crippen molar-refractivity contribution in [2.45, 2.75) is 19.5 Å². The minimum absolute atomic E-state index is 0.0265. The first-order chi connectivity index (χ1) is 17.4. The predicted octanol–water partition coefficient (Wildman–Crippen LogP) is 5.58. The first-order valence-electron chi connectivity index (χ1n) is 11.0. The third-order valence-corrected chi connectivity index (χ3v) is 4.98. The van der Waals surface area contributed by atoms with E-state index in [4.69, 9.17) is 5.73 Å². The number of ether oxygens (including phenoxy) is 1. The summed E-state index contributed by atoms with van der Waals surface area (Å²) in [7, 11) is 0. The molecule has 0 atom stereocenters. The van der Waals surface area contributed by atoms with Gasteiger partial charge in [-0.1, -0.05) is 60.4 Å². The van der Waals surface area contributed by atoms with Crippen molar-refractivity contribution in [3.63, 3.8) is 0 Å². The molecule has 36 heavy (non-hydrogen) atoms. The monoisotopic (exact) mass is 489 g/mol. The van der Waals surface area contributed by atoms with Crippen LogP contribution in [-0.4, -0.2) is 16.3 Å². The molecule has 0 bridgehead atoms. The zero-order valence-corrected chi connectivity index (χ0v) is 19.0. The van der Waals surface area contributed by atoms with E-state index in [-0.39, 0.29) is 18.2 Å². The van der Waals surface area contributed by atoms with Gasteiger partial charge in [-0.05, 0) is 35.9 Å². The van der Waals surface area contributed by atoms with Crippen LogP contribution in [0.2, 0.25) is 0 Å². The highest BCUT2D eigenvalue weighted by Crippen LogP contribution is 2.26. The highest BCUT2D eigenvalue weighted by molar-refractivity contribution is 5.57. The Balaban J connectivity index is 1.55. The van der Waals surface area contributed by atoms with E-state index in [1.54, 1.807) is 24.4 Å². The second-order valence-electron chi connectivity index (χ2n) is 7.68. The summed E-state index contributed by atoms with van der Waals surface area (Å²) < 4.78 is 42.3. The van der Waals surface area contributed by atoms with E-state index in [0.29, 0.717) is 29.2 Å². The van der Waals surface area contributed by atoms with Crippen molar-refractivity contribution in [2.75, 3.05) is 16.4 Å². The Morgan fingerprint density at radius 2 is 1.56 bits per heavy atom. The number of benzene rings is 3. The molecule has 0 spiro atoms. The quantitative estimate of drug-likeness (QED) is 0.232. The number of anilines is 3. The topological polar surface area (TPSA) is 85.1 Å².